The summed E-state index contributed by atoms with van der Waals surface area (Å²) in [6.07, 6.45) is 0.690. The Kier molecular flexibility index (Phi) is 2.97. The van der Waals surface area contributed by atoms with Crippen molar-refractivity contribution >= 4 is 33.9 Å². The van der Waals surface area contributed by atoms with E-state index in [0.29, 0.717) is 22.1 Å². The molecule has 0 bridgehead atoms. The van der Waals surface area contributed by atoms with Crippen molar-refractivity contribution in [3.05, 3.63) is 16.1 Å². The third-order valence-electron chi connectivity index (χ3n) is 1.68. The molecule has 2 rings (SSSR count). The Balaban J connectivity index is 2.15. The predicted octanol–water partition coefficient (Wildman–Crippen LogP) is 1.20. The standard InChI is InChI=1S/C7H7N5OS2/c1-2-4-5(15-12-10-4)6(13)9-7-11-8-3-14-7/h3H,2H2,1H3,(H,9,11,13). The van der Waals surface area contributed by atoms with Gasteiger partial charge in [0, 0.05) is 0 Å². The maximum atomic E-state index is 11.7. The van der Waals surface area contributed by atoms with Crippen LogP contribution in [0.15, 0.2) is 5.51 Å². The fourth-order valence-electron chi connectivity index (χ4n) is 0.994. The largest absolute Gasteiger partial charge is 0.296 e. The van der Waals surface area contributed by atoms with E-state index in [-0.39, 0.29) is 5.91 Å². The predicted molar refractivity (Wildman–Crippen MR) is 57.1 cm³/mol. The van der Waals surface area contributed by atoms with Gasteiger partial charge < -0.3 is 0 Å². The molecule has 0 saturated heterocycles. The Morgan fingerprint density at radius 3 is 3.07 bits per heavy atom. The van der Waals surface area contributed by atoms with Gasteiger partial charge in [-0.3, -0.25) is 10.1 Å². The molecule has 0 aliphatic heterocycles. The highest BCUT2D eigenvalue weighted by Crippen LogP contribution is 2.15. The van der Waals surface area contributed by atoms with Gasteiger partial charge in [-0.1, -0.05) is 22.7 Å². The van der Waals surface area contributed by atoms with E-state index < -0.39 is 0 Å². The van der Waals surface area contributed by atoms with Crippen LogP contribution < -0.4 is 5.32 Å². The number of amides is 1. The van der Waals surface area contributed by atoms with Crippen molar-refractivity contribution in [3.8, 4) is 0 Å². The molecule has 0 unspecified atom stereocenters. The summed E-state index contributed by atoms with van der Waals surface area (Å²) in [5, 5.41) is 14.3. The number of rotatable bonds is 3. The summed E-state index contributed by atoms with van der Waals surface area (Å²) in [4.78, 5) is 12.2. The van der Waals surface area contributed by atoms with E-state index in [1.807, 2.05) is 6.92 Å². The van der Waals surface area contributed by atoms with Crippen molar-refractivity contribution in [1.29, 1.82) is 0 Å². The first-order valence-electron chi connectivity index (χ1n) is 4.20. The average molecular weight is 241 g/mol. The van der Waals surface area contributed by atoms with Crippen LogP contribution in [0.2, 0.25) is 0 Å². The second kappa shape index (κ2) is 4.41. The van der Waals surface area contributed by atoms with Crippen LogP contribution in [-0.2, 0) is 6.42 Å². The third-order valence-corrected chi connectivity index (χ3v) is 3.05. The minimum absolute atomic E-state index is 0.224. The van der Waals surface area contributed by atoms with Gasteiger partial charge in [-0.2, -0.15) is 0 Å². The molecule has 78 valence electrons. The van der Waals surface area contributed by atoms with Crippen LogP contribution in [0, 0.1) is 0 Å². The molecular formula is C7H7N5OS2. The smallest absolute Gasteiger partial charge is 0.271 e. The van der Waals surface area contributed by atoms with Crippen molar-refractivity contribution in [1.82, 2.24) is 19.8 Å². The van der Waals surface area contributed by atoms with E-state index in [4.69, 9.17) is 0 Å². The first-order chi connectivity index (χ1) is 7.31. The van der Waals surface area contributed by atoms with E-state index in [2.05, 4.69) is 25.1 Å². The molecule has 1 N–H and O–H groups in total. The molecular weight excluding hydrogens is 234 g/mol. The lowest BCUT2D eigenvalue weighted by Crippen LogP contribution is -2.12. The van der Waals surface area contributed by atoms with Crippen LogP contribution in [-0.4, -0.2) is 25.7 Å². The zero-order valence-corrected chi connectivity index (χ0v) is 9.43. The monoisotopic (exact) mass is 241 g/mol. The van der Waals surface area contributed by atoms with Gasteiger partial charge >= 0.3 is 0 Å². The number of hydrogen-bond donors (Lipinski definition) is 1. The molecule has 2 aromatic rings. The van der Waals surface area contributed by atoms with Crippen molar-refractivity contribution < 1.29 is 4.79 Å². The molecule has 0 atom stereocenters. The van der Waals surface area contributed by atoms with Crippen LogP contribution in [0.1, 0.15) is 22.3 Å². The van der Waals surface area contributed by atoms with E-state index in [1.54, 1.807) is 5.51 Å². The molecule has 0 radical (unpaired) electrons. The molecule has 6 nitrogen and oxygen atoms in total. The first-order valence-corrected chi connectivity index (χ1v) is 5.85. The number of nitrogens with one attached hydrogen (secondary N) is 1. The maximum absolute atomic E-state index is 11.7. The lowest BCUT2D eigenvalue weighted by atomic mass is 10.3. The molecule has 0 fully saturated rings. The first kappa shape index (κ1) is 10.1. The van der Waals surface area contributed by atoms with Crippen molar-refractivity contribution in [2.75, 3.05) is 5.32 Å². The summed E-state index contributed by atoms with van der Waals surface area (Å²) in [5.74, 6) is -0.224. The quantitative estimate of drug-likeness (QED) is 0.873. The minimum atomic E-state index is -0.224. The maximum Gasteiger partial charge on any atom is 0.271 e. The number of carbonyl (C=O) groups excluding carboxylic acids is 1. The Labute approximate surface area is 93.5 Å². The highest BCUT2D eigenvalue weighted by molar-refractivity contribution is 7.13. The summed E-state index contributed by atoms with van der Waals surface area (Å²) in [6, 6.07) is 0. The van der Waals surface area contributed by atoms with Gasteiger partial charge in [-0.25, -0.2) is 0 Å². The number of anilines is 1. The molecule has 0 spiro atoms. The summed E-state index contributed by atoms with van der Waals surface area (Å²) in [5.41, 5.74) is 2.27. The van der Waals surface area contributed by atoms with E-state index >= 15 is 0 Å². The van der Waals surface area contributed by atoms with Gasteiger partial charge in [0.2, 0.25) is 5.13 Å². The van der Waals surface area contributed by atoms with Gasteiger partial charge in [-0.05, 0) is 18.0 Å². The van der Waals surface area contributed by atoms with Gasteiger partial charge in [0.25, 0.3) is 5.91 Å². The summed E-state index contributed by atoms with van der Waals surface area (Å²) in [6.45, 7) is 1.93. The molecule has 8 heteroatoms. The number of nitrogens with zero attached hydrogens (tertiary/aromatic N) is 4. The molecule has 0 aliphatic rings. The Hall–Kier alpha value is -1.41. The molecule has 15 heavy (non-hydrogen) atoms. The summed E-state index contributed by atoms with van der Waals surface area (Å²) < 4.78 is 3.74. The van der Waals surface area contributed by atoms with Crippen LogP contribution >= 0.6 is 22.9 Å². The fraction of sp³-hybridized carbons (Fsp3) is 0.286. The second-order valence-electron chi connectivity index (χ2n) is 2.60. The number of aryl methyl sites for hydroxylation is 1. The lowest BCUT2D eigenvalue weighted by molar-refractivity contribution is 0.102. The Morgan fingerprint density at radius 2 is 2.40 bits per heavy atom. The number of hydrogen-bond acceptors (Lipinski definition) is 7. The zero-order chi connectivity index (χ0) is 10.7. The fourth-order valence-corrected chi connectivity index (χ4v) is 2.08. The van der Waals surface area contributed by atoms with Gasteiger partial charge in [-0.15, -0.1) is 15.3 Å². The zero-order valence-electron chi connectivity index (χ0n) is 7.80. The molecule has 1 amide bonds. The SMILES string of the molecule is CCc1nnsc1C(=O)Nc1nncs1. The van der Waals surface area contributed by atoms with E-state index in [1.165, 1.54) is 11.3 Å². The highest BCUT2D eigenvalue weighted by atomic mass is 32.1. The van der Waals surface area contributed by atoms with Crippen molar-refractivity contribution in [2.45, 2.75) is 13.3 Å². The van der Waals surface area contributed by atoms with Crippen LogP contribution in [0.5, 0.6) is 0 Å². The second-order valence-corrected chi connectivity index (χ2v) is 4.19. The topological polar surface area (TPSA) is 80.7 Å². The van der Waals surface area contributed by atoms with E-state index in [9.17, 15) is 4.79 Å². The van der Waals surface area contributed by atoms with Gasteiger partial charge in [0.1, 0.15) is 10.4 Å². The van der Waals surface area contributed by atoms with Crippen LogP contribution in [0.4, 0.5) is 5.13 Å². The van der Waals surface area contributed by atoms with Crippen molar-refractivity contribution in [2.24, 2.45) is 0 Å². The van der Waals surface area contributed by atoms with Crippen LogP contribution in [0.3, 0.4) is 0 Å². The average Bonchev–Trinajstić information content (AvgIpc) is 2.86. The lowest BCUT2D eigenvalue weighted by Gasteiger charge is -1.97. The number of aromatic nitrogens is 4. The van der Waals surface area contributed by atoms with Crippen molar-refractivity contribution in [3.63, 3.8) is 0 Å². The molecule has 0 aliphatic carbocycles. The van der Waals surface area contributed by atoms with E-state index in [0.717, 1.165) is 11.5 Å². The van der Waals surface area contributed by atoms with Crippen LogP contribution in [0.25, 0.3) is 0 Å². The number of carbonyl (C=O) groups is 1. The highest BCUT2D eigenvalue weighted by Gasteiger charge is 2.15. The Morgan fingerprint density at radius 1 is 1.53 bits per heavy atom. The Bertz CT molecular complexity index is 452. The van der Waals surface area contributed by atoms with Gasteiger partial charge in [0.05, 0.1) is 5.69 Å². The third kappa shape index (κ3) is 2.16. The summed E-state index contributed by atoms with van der Waals surface area (Å²) >= 11 is 2.36. The minimum Gasteiger partial charge on any atom is -0.296 e. The molecule has 0 saturated carbocycles. The molecule has 2 aromatic heterocycles. The van der Waals surface area contributed by atoms with Gasteiger partial charge in [0.15, 0.2) is 0 Å². The summed E-state index contributed by atoms with van der Waals surface area (Å²) in [7, 11) is 0. The normalized spacial score (nSPS) is 10.2. The molecule has 2 heterocycles. The molecule has 0 aromatic carbocycles.